The molecule has 1 aliphatic heterocycles. The number of carbonyl (C=O) groups excluding carboxylic acids is 1. The predicted molar refractivity (Wildman–Crippen MR) is 59.3 cm³/mol. The van der Waals surface area contributed by atoms with Gasteiger partial charge in [0.15, 0.2) is 11.6 Å². The Hall–Kier alpha value is -0.750. The lowest BCUT2D eigenvalue weighted by molar-refractivity contribution is -0.170. The van der Waals surface area contributed by atoms with Gasteiger partial charge in [-0.2, -0.15) is 0 Å². The number of hydrogen-bond donors (Lipinski definition) is 0. The lowest BCUT2D eigenvalue weighted by Crippen LogP contribution is -2.46. The van der Waals surface area contributed by atoms with Crippen LogP contribution < -0.4 is 0 Å². The van der Waals surface area contributed by atoms with Gasteiger partial charge in [-0.25, -0.2) is 0 Å². The van der Waals surface area contributed by atoms with Gasteiger partial charge >= 0.3 is 0 Å². The van der Waals surface area contributed by atoms with Gasteiger partial charge in [0, 0.05) is 19.1 Å². The highest BCUT2D eigenvalue weighted by atomic mass is 16.8. The van der Waals surface area contributed by atoms with Gasteiger partial charge < -0.3 is 18.9 Å². The van der Waals surface area contributed by atoms with Crippen LogP contribution in [0, 0.1) is 0 Å². The maximum absolute atomic E-state index is 11.8. The van der Waals surface area contributed by atoms with Gasteiger partial charge in [-0.1, -0.05) is 6.58 Å². The first-order valence-corrected chi connectivity index (χ1v) is 5.63. The maximum atomic E-state index is 11.8. The molecule has 2 aliphatic rings. The van der Waals surface area contributed by atoms with E-state index in [1.807, 2.05) is 13.8 Å². The van der Waals surface area contributed by atoms with Gasteiger partial charge in [-0.05, 0) is 13.8 Å². The van der Waals surface area contributed by atoms with Crippen molar-refractivity contribution in [2.24, 2.45) is 0 Å². The molecule has 3 unspecified atom stereocenters. The molecule has 0 bridgehead atoms. The van der Waals surface area contributed by atoms with E-state index in [1.54, 1.807) is 0 Å². The van der Waals surface area contributed by atoms with Gasteiger partial charge in [-0.15, -0.1) is 0 Å². The first kappa shape index (κ1) is 12.7. The minimum absolute atomic E-state index is 0.0337. The van der Waals surface area contributed by atoms with Crippen molar-refractivity contribution < 1.29 is 23.7 Å². The number of rotatable bonds is 3. The molecule has 17 heavy (non-hydrogen) atoms. The highest BCUT2D eigenvalue weighted by molar-refractivity contribution is 5.97. The standard InChI is InChI=1S/C12H18O5/c1-7-8(13)5-9(15-6-14-4)11-10(7)16-12(2,3)17-11/h9-11H,1,5-6H2,2-4H3. The van der Waals surface area contributed by atoms with E-state index in [1.165, 1.54) is 7.11 Å². The second-order valence-electron chi connectivity index (χ2n) is 4.78. The Balaban J connectivity index is 2.15. The van der Waals surface area contributed by atoms with Crippen LogP contribution in [0.1, 0.15) is 20.3 Å². The van der Waals surface area contributed by atoms with E-state index in [0.29, 0.717) is 5.57 Å². The summed E-state index contributed by atoms with van der Waals surface area (Å²) in [6.45, 7) is 7.55. The molecule has 0 amide bonds. The number of carbonyl (C=O) groups is 1. The molecular formula is C12H18O5. The van der Waals surface area contributed by atoms with Crippen molar-refractivity contribution in [3.63, 3.8) is 0 Å². The summed E-state index contributed by atoms with van der Waals surface area (Å²) in [7, 11) is 1.54. The van der Waals surface area contributed by atoms with Gasteiger partial charge in [0.2, 0.25) is 0 Å². The lowest BCUT2D eigenvalue weighted by Gasteiger charge is -2.31. The van der Waals surface area contributed by atoms with E-state index in [0.717, 1.165) is 0 Å². The molecule has 1 saturated heterocycles. The molecule has 0 aromatic rings. The van der Waals surface area contributed by atoms with E-state index in [-0.39, 0.29) is 31.2 Å². The average Bonchev–Trinajstić information content (AvgIpc) is 2.58. The van der Waals surface area contributed by atoms with Crippen LogP contribution in [0.5, 0.6) is 0 Å². The highest BCUT2D eigenvalue weighted by Crippen LogP contribution is 2.38. The summed E-state index contributed by atoms with van der Waals surface area (Å²) >= 11 is 0. The fourth-order valence-electron chi connectivity index (χ4n) is 2.23. The Labute approximate surface area is 101 Å². The monoisotopic (exact) mass is 242 g/mol. The second-order valence-corrected chi connectivity index (χ2v) is 4.78. The zero-order valence-electron chi connectivity index (χ0n) is 10.4. The van der Waals surface area contributed by atoms with Gasteiger partial charge in [0.25, 0.3) is 0 Å². The third-order valence-corrected chi connectivity index (χ3v) is 2.98. The maximum Gasteiger partial charge on any atom is 0.164 e. The van der Waals surface area contributed by atoms with Crippen molar-refractivity contribution in [2.75, 3.05) is 13.9 Å². The fraction of sp³-hybridized carbons (Fsp3) is 0.750. The normalized spacial score (nSPS) is 36.1. The molecule has 0 aromatic heterocycles. The molecule has 5 heteroatoms. The number of ether oxygens (including phenoxy) is 4. The molecular weight excluding hydrogens is 224 g/mol. The SMILES string of the molecule is C=C1C(=O)CC(OCOC)C2OC(C)(C)OC12. The molecule has 3 atom stereocenters. The number of methoxy groups -OCH3 is 1. The molecule has 0 N–H and O–H groups in total. The lowest BCUT2D eigenvalue weighted by atomic mass is 9.87. The van der Waals surface area contributed by atoms with Crippen molar-refractivity contribution in [3.05, 3.63) is 12.2 Å². The van der Waals surface area contributed by atoms with Crippen LogP contribution in [0.25, 0.3) is 0 Å². The minimum atomic E-state index is -0.711. The van der Waals surface area contributed by atoms with Crippen molar-refractivity contribution in [1.82, 2.24) is 0 Å². The summed E-state index contributed by atoms with van der Waals surface area (Å²) in [6, 6.07) is 0. The second kappa shape index (κ2) is 4.49. The van der Waals surface area contributed by atoms with E-state index in [4.69, 9.17) is 18.9 Å². The third-order valence-electron chi connectivity index (χ3n) is 2.98. The Morgan fingerprint density at radius 3 is 2.82 bits per heavy atom. The van der Waals surface area contributed by atoms with Crippen LogP contribution in [0.2, 0.25) is 0 Å². The number of Topliss-reactive ketones (excluding diaryl/α,β-unsaturated/α-hetero) is 1. The molecule has 1 aliphatic carbocycles. The zero-order chi connectivity index (χ0) is 12.6. The summed E-state index contributed by atoms with van der Waals surface area (Å²) in [6.07, 6.45) is -0.763. The van der Waals surface area contributed by atoms with Crippen molar-refractivity contribution in [2.45, 2.75) is 44.4 Å². The van der Waals surface area contributed by atoms with Crippen molar-refractivity contribution in [3.8, 4) is 0 Å². The third kappa shape index (κ3) is 2.42. The number of fused-ring (bicyclic) bond motifs is 1. The van der Waals surface area contributed by atoms with Gasteiger partial charge in [-0.3, -0.25) is 4.79 Å². The molecule has 5 nitrogen and oxygen atoms in total. The number of ketones is 1. The van der Waals surface area contributed by atoms with Gasteiger partial charge in [0.1, 0.15) is 19.0 Å². The minimum Gasteiger partial charge on any atom is -0.359 e. The average molecular weight is 242 g/mol. The van der Waals surface area contributed by atoms with Crippen LogP contribution in [0.4, 0.5) is 0 Å². The summed E-state index contributed by atoms with van der Waals surface area (Å²) in [4.78, 5) is 11.8. The number of hydrogen-bond acceptors (Lipinski definition) is 5. The first-order valence-electron chi connectivity index (χ1n) is 5.63. The quantitative estimate of drug-likeness (QED) is 0.546. The van der Waals surface area contributed by atoms with Crippen LogP contribution in [0.3, 0.4) is 0 Å². The van der Waals surface area contributed by atoms with Crippen molar-refractivity contribution >= 4 is 5.78 Å². The Morgan fingerprint density at radius 2 is 2.18 bits per heavy atom. The first-order chi connectivity index (χ1) is 7.94. The molecule has 0 aromatic carbocycles. The molecule has 0 spiro atoms. The van der Waals surface area contributed by atoms with Crippen LogP contribution in [0.15, 0.2) is 12.2 Å². The highest BCUT2D eigenvalue weighted by Gasteiger charge is 2.51. The van der Waals surface area contributed by atoms with E-state index < -0.39 is 11.9 Å². The Bertz CT molecular complexity index is 336. The van der Waals surface area contributed by atoms with Crippen LogP contribution >= 0.6 is 0 Å². The summed E-state index contributed by atoms with van der Waals surface area (Å²) < 4.78 is 21.8. The van der Waals surface area contributed by atoms with Crippen molar-refractivity contribution in [1.29, 1.82) is 0 Å². The smallest absolute Gasteiger partial charge is 0.164 e. The molecule has 2 rings (SSSR count). The molecule has 1 saturated carbocycles. The Morgan fingerprint density at radius 1 is 1.47 bits per heavy atom. The van der Waals surface area contributed by atoms with E-state index in [9.17, 15) is 4.79 Å². The van der Waals surface area contributed by atoms with Crippen LogP contribution in [-0.4, -0.2) is 43.8 Å². The van der Waals surface area contributed by atoms with Gasteiger partial charge in [0.05, 0.1) is 6.10 Å². The fourth-order valence-corrected chi connectivity index (χ4v) is 2.23. The predicted octanol–water partition coefficient (Wildman–Crippen LogP) is 1.02. The summed E-state index contributed by atoms with van der Waals surface area (Å²) in [5, 5.41) is 0. The summed E-state index contributed by atoms with van der Waals surface area (Å²) in [5.41, 5.74) is 0.470. The molecule has 1 heterocycles. The zero-order valence-corrected chi connectivity index (χ0v) is 10.4. The Kier molecular flexibility index (Phi) is 3.36. The molecule has 0 radical (unpaired) electrons. The topological polar surface area (TPSA) is 54.0 Å². The molecule has 2 fully saturated rings. The largest absolute Gasteiger partial charge is 0.359 e. The van der Waals surface area contributed by atoms with Crippen LogP contribution in [-0.2, 0) is 23.7 Å². The van der Waals surface area contributed by atoms with E-state index in [2.05, 4.69) is 6.58 Å². The molecule has 96 valence electrons. The summed E-state index contributed by atoms with van der Waals surface area (Å²) in [5.74, 6) is -0.744. The van der Waals surface area contributed by atoms with E-state index >= 15 is 0 Å².